The van der Waals surface area contributed by atoms with E-state index in [0.717, 1.165) is 22.2 Å². The summed E-state index contributed by atoms with van der Waals surface area (Å²) in [6.45, 7) is 2.46. The van der Waals surface area contributed by atoms with Gasteiger partial charge in [-0.3, -0.25) is 19.8 Å². The van der Waals surface area contributed by atoms with Gasteiger partial charge in [-0.2, -0.15) is 0 Å². The topological polar surface area (TPSA) is 110 Å². The van der Waals surface area contributed by atoms with Crippen molar-refractivity contribution in [2.45, 2.75) is 26.0 Å². The molecule has 0 spiro atoms. The van der Waals surface area contributed by atoms with Crippen LogP contribution in [0.4, 0.5) is 0 Å². The number of hydrogen-bond donors (Lipinski definition) is 3. The number of benzene rings is 2. The van der Waals surface area contributed by atoms with Gasteiger partial charge in [-0.25, -0.2) is 5.48 Å². The summed E-state index contributed by atoms with van der Waals surface area (Å²) in [6.07, 6.45) is -0.101. The van der Waals surface area contributed by atoms with Crippen molar-refractivity contribution in [3.63, 3.8) is 0 Å². The molecule has 0 bridgehead atoms. The van der Waals surface area contributed by atoms with Crippen LogP contribution in [0.15, 0.2) is 54.6 Å². The minimum absolute atomic E-state index is 0.101. The van der Waals surface area contributed by atoms with E-state index in [-0.39, 0.29) is 18.9 Å². The van der Waals surface area contributed by atoms with Crippen molar-refractivity contribution >= 4 is 22.7 Å². The number of fused-ring (bicyclic) bond motifs is 1. The maximum absolute atomic E-state index is 12.5. The molecule has 2 amide bonds. The summed E-state index contributed by atoms with van der Waals surface area (Å²) in [5.41, 5.74) is 4.85. The number of para-hydroxylation sites is 1. The molecule has 1 atom stereocenters. The maximum atomic E-state index is 12.5. The molecular formula is C23H25N3O5. The number of amides is 2. The number of hydrogen-bond acceptors (Lipinski definition) is 6. The number of hydroxylamine groups is 1. The highest BCUT2D eigenvalue weighted by molar-refractivity contribution is 5.94. The predicted molar refractivity (Wildman–Crippen MR) is 115 cm³/mol. The van der Waals surface area contributed by atoms with E-state index >= 15 is 0 Å². The molecule has 3 N–H and O–H groups in total. The molecule has 0 radical (unpaired) electrons. The molecule has 1 aromatic heterocycles. The summed E-state index contributed by atoms with van der Waals surface area (Å²) in [7, 11) is 1.47. The second-order valence-corrected chi connectivity index (χ2v) is 7.12. The fourth-order valence-electron chi connectivity index (χ4n) is 3.27. The lowest BCUT2D eigenvalue weighted by atomic mass is 10.1. The average Bonchev–Trinajstić information content (AvgIpc) is 2.77. The molecule has 0 aliphatic rings. The number of carbonyl (C=O) groups is 2. The first kappa shape index (κ1) is 22.2. The zero-order valence-corrected chi connectivity index (χ0v) is 17.4. The lowest BCUT2D eigenvalue weighted by molar-refractivity contribution is -0.129. The minimum Gasteiger partial charge on any atom is -0.489 e. The Balaban J connectivity index is 1.64. The van der Waals surface area contributed by atoms with Gasteiger partial charge < -0.3 is 14.8 Å². The van der Waals surface area contributed by atoms with Crippen LogP contribution in [-0.4, -0.2) is 41.8 Å². The van der Waals surface area contributed by atoms with Gasteiger partial charge in [0.2, 0.25) is 5.91 Å². The maximum Gasteiger partial charge on any atom is 0.251 e. The fraction of sp³-hybridized carbons (Fsp3) is 0.261. The summed E-state index contributed by atoms with van der Waals surface area (Å²) >= 11 is 0. The number of carbonyl (C=O) groups excluding carboxylic acids is 2. The van der Waals surface area contributed by atoms with Crippen LogP contribution in [0, 0.1) is 6.92 Å². The molecule has 3 aromatic rings. The molecule has 0 saturated heterocycles. The highest BCUT2D eigenvalue weighted by atomic mass is 16.5. The number of nitrogens with one attached hydrogen (secondary N) is 2. The van der Waals surface area contributed by atoms with Crippen molar-refractivity contribution in [1.82, 2.24) is 15.8 Å². The summed E-state index contributed by atoms with van der Waals surface area (Å²) < 4.78 is 10.9. The molecule has 1 heterocycles. The summed E-state index contributed by atoms with van der Waals surface area (Å²) in [5, 5.41) is 12.4. The third-order valence-electron chi connectivity index (χ3n) is 4.70. The third kappa shape index (κ3) is 6.00. The van der Waals surface area contributed by atoms with E-state index < -0.39 is 11.9 Å². The Morgan fingerprint density at radius 2 is 1.87 bits per heavy atom. The van der Waals surface area contributed by atoms with Crippen LogP contribution < -0.4 is 15.5 Å². The molecule has 0 fully saturated rings. The van der Waals surface area contributed by atoms with Crippen LogP contribution in [0.1, 0.15) is 28.0 Å². The average molecular weight is 423 g/mol. The number of nitrogens with zero attached hydrogens (tertiary/aromatic N) is 1. The van der Waals surface area contributed by atoms with Gasteiger partial charge in [-0.15, -0.1) is 0 Å². The smallest absolute Gasteiger partial charge is 0.251 e. The van der Waals surface area contributed by atoms with Crippen molar-refractivity contribution in [2.75, 3.05) is 13.7 Å². The molecule has 31 heavy (non-hydrogen) atoms. The van der Waals surface area contributed by atoms with Gasteiger partial charge in [0, 0.05) is 29.3 Å². The first-order chi connectivity index (χ1) is 15.0. The zero-order valence-electron chi connectivity index (χ0n) is 17.4. The van der Waals surface area contributed by atoms with Crippen LogP contribution in [0.3, 0.4) is 0 Å². The summed E-state index contributed by atoms with van der Waals surface area (Å²) in [6, 6.07) is 16.1. The molecule has 8 nitrogen and oxygen atoms in total. The Kier molecular flexibility index (Phi) is 7.53. The Labute approximate surface area is 180 Å². The molecule has 3 rings (SSSR count). The summed E-state index contributed by atoms with van der Waals surface area (Å²) in [5.74, 6) is -0.330. The fourth-order valence-corrected chi connectivity index (χ4v) is 3.27. The lowest BCUT2D eigenvalue weighted by Gasteiger charge is -2.17. The van der Waals surface area contributed by atoms with Crippen molar-refractivity contribution in [3.8, 4) is 5.75 Å². The molecule has 0 saturated carbocycles. The molecule has 2 aromatic carbocycles. The lowest BCUT2D eigenvalue weighted by Crippen LogP contribution is -2.41. The van der Waals surface area contributed by atoms with E-state index in [1.165, 1.54) is 7.11 Å². The second kappa shape index (κ2) is 10.5. The highest BCUT2D eigenvalue weighted by Gasteiger charge is 2.17. The SMILES string of the molecule is COC[C@H](CC(=O)NO)NC(=O)c1ccc(OCc2cc(C)nc3ccccc23)cc1. The Morgan fingerprint density at radius 3 is 2.58 bits per heavy atom. The normalized spacial score (nSPS) is 11.7. The van der Waals surface area contributed by atoms with E-state index in [4.69, 9.17) is 14.7 Å². The Hall–Kier alpha value is -3.49. The van der Waals surface area contributed by atoms with Crippen LogP contribution >= 0.6 is 0 Å². The van der Waals surface area contributed by atoms with E-state index in [1.54, 1.807) is 29.7 Å². The van der Waals surface area contributed by atoms with E-state index in [1.807, 2.05) is 37.3 Å². The van der Waals surface area contributed by atoms with Crippen LogP contribution in [0.2, 0.25) is 0 Å². The van der Waals surface area contributed by atoms with Gasteiger partial charge in [0.25, 0.3) is 5.91 Å². The van der Waals surface area contributed by atoms with Crippen molar-refractivity contribution in [3.05, 3.63) is 71.4 Å². The van der Waals surface area contributed by atoms with E-state index in [2.05, 4.69) is 10.3 Å². The van der Waals surface area contributed by atoms with Gasteiger partial charge in [0.15, 0.2) is 0 Å². The zero-order chi connectivity index (χ0) is 22.2. The van der Waals surface area contributed by atoms with Crippen molar-refractivity contribution in [1.29, 1.82) is 0 Å². The number of rotatable bonds is 9. The quantitative estimate of drug-likeness (QED) is 0.361. The van der Waals surface area contributed by atoms with Gasteiger partial charge in [0.05, 0.1) is 24.6 Å². The van der Waals surface area contributed by atoms with Gasteiger partial charge >= 0.3 is 0 Å². The van der Waals surface area contributed by atoms with Gasteiger partial charge in [-0.1, -0.05) is 18.2 Å². The first-order valence-corrected chi connectivity index (χ1v) is 9.81. The monoisotopic (exact) mass is 423 g/mol. The molecular weight excluding hydrogens is 398 g/mol. The predicted octanol–water partition coefficient (Wildman–Crippen LogP) is 2.76. The second-order valence-electron chi connectivity index (χ2n) is 7.12. The van der Waals surface area contributed by atoms with Crippen molar-refractivity contribution < 1.29 is 24.3 Å². The first-order valence-electron chi connectivity index (χ1n) is 9.81. The number of ether oxygens (including phenoxy) is 2. The van der Waals surface area contributed by atoms with Gasteiger partial charge in [-0.05, 0) is 43.3 Å². The Bertz CT molecular complexity index is 1050. The minimum atomic E-state index is -0.607. The standard InChI is InChI=1S/C23H25N3O5/c1-15-11-17(20-5-3-4-6-21(20)24-15)13-31-19-9-7-16(8-10-19)23(28)25-18(14-30-2)12-22(27)26-29/h3-11,18,29H,12-14H2,1-2H3,(H,25,28)(H,26,27)/t18-/m0/s1. The Morgan fingerprint density at radius 1 is 1.13 bits per heavy atom. The van der Waals surface area contributed by atoms with Crippen LogP contribution in [0.5, 0.6) is 5.75 Å². The van der Waals surface area contributed by atoms with E-state index in [9.17, 15) is 9.59 Å². The summed E-state index contributed by atoms with van der Waals surface area (Å²) in [4.78, 5) is 28.4. The molecule has 0 aliphatic carbocycles. The molecule has 0 aliphatic heterocycles. The highest BCUT2D eigenvalue weighted by Crippen LogP contribution is 2.21. The molecule has 8 heteroatoms. The molecule has 162 valence electrons. The van der Waals surface area contributed by atoms with Crippen molar-refractivity contribution in [2.24, 2.45) is 0 Å². The van der Waals surface area contributed by atoms with Crippen LogP contribution in [0.25, 0.3) is 10.9 Å². The van der Waals surface area contributed by atoms with Gasteiger partial charge in [0.1, 0.15) is 12.4 Å². The number of aromatic nitrogens is 1. The number of aryl methyl sites for hydroxylation is 1. The third-order valence-corrected chi connectivity index (χ3v) is 4.70. The van der Waals surface area contributed by atoms with E-state index in [0.29, 0.717) is 17.9 Å². The number of methoxy groups -OCH3 is 1. The van der Waals surface area contributed by atoms with Crippen LogP contribution in [-0.2, 0) is 16.1 Å². The largest absolute Gasteiger partial charge is 0.489 e. The molecule has 0 unspecified atom stereocenters. The number of pyridine rings is 1.